The zero-order chi connectivity index (χ0) is 18.1. The molecule has 1 aromatic carbocycles. The number of urea groups is 1. The molecule has 7 nitrogen and oxygen atoms in total. The van der Waals surface area contributed by atoms with Crippen molar-refractivity contribution in [3.05, 3.63) is 54.1 Å². The second-order valence-corrected chi connectivity index (χ2v) is 6.50. The third-order valence-electron chi connectivity index (χ3n) is 4.84. The maximum absolute atomic E-state index is 13.1. The fraction of sp³-hybridized carbons (Fsp3) is 0.278. The molecule has 2 atom stereocenters. The lowest BCUT2D eigenvalue weighted by Gasteiger charge is -2.45. The van der Waals surface area contributed by atoms with Gasteiger partial charge in [-0.3, -0.25) is 10.4 Å². The minimum atomic E-state index is -1.04. The number of hydrogen-bond acceptors (Lipinski definition) is 4. The number of hydrogen-bond donors (Lipinski definition) is 4. The molecule has 0 aliphatic heterocycles. The molecule has 1 fully saturated rings. The second-order valence-electron chi connectivity index (χ2n) is 6.50. The zero-order valence-electron chi connectivity index (χ0n) is 13.8. The lowest BCUT2D eigenvalue weighted by atomic mass is 9.66. The minimum Gasteiger partial charge on any atom is -0.387 e. The average Bonchev–Trinajstić information content (AvgIpc) is 3.08. The van der Waals surface area contributed by atoms with Gasteiger partial charge in [0.2, 0.25) is 0 Å². The molecule has 2 amide bonds. The van der Waals surface area contributed by atoms with E-state index in [1.165, 1.54) is 12.1 Å². The lowest BCUT2D eigenvalue weighted by molar-refractivity contribution is -0.0535. The number of aromatic amines is 1. The summed E-state index contributed by atoms with van der Waals surface area (Å²) < 4.78 is 13.1. The first-order chi connectivity index (χ1) is 12.5. The Morgan fingerprint density at radius 1 is 1.42 bits per heavy atom. The molecule has 2 aromatic heterocycles. The SMILES string of the molecule is O=C(NC[C@]1(O)CCC1c1ccc(F)cc1)Nc1cc2[nH]n[c]c2cn1. The van der Waals surface area contributed by atoms with Crippen LogP contribution < -0.4 is 10.6 Å². The number of nitrogens with zero attached hydrogens (tertiary/aromatic N) is 2. The van der Waals surface area contributed by atoms with Crippen molar-refractivity contribution in [2.75, 3.05) is 11.9 Å². The van der Waals surface area contributed by atoms with Crippen molar-refractivity contribution in [3.8, 4) is 0 Å². The van der Waals surface area contributed by atoms with Crippen LogP contribution in [0.5, 0.6) is 0 Å². The summed E-state index contributed by atoms with van der Waals surface area (Å²) in [6.45, 7) is 0.0982. The van der Waals surface area contributed by atoms with E-state index < -0.39 is 11.6 Å². The van der Waals surface area contributed by atoms with Crippen LogP contribution in [0.25, 0.3) is 10.9 Å². The standard InChI is InChI=1S/C18H17FN5O2/c19-13-3-1-11(2-4-13)14-5-6-18(14,26)10-21-17(25)23-16-7-15-12(8-20-16)9-22-24-15/h1-4,7-8,14,26H,5-6,10H2,(H,22,24)(H2,20,21,23,25)/t14?,18-/m1/s1. The number of carbonyl (C=O) groups is 1. The molecule has 26 heavy (non-hydrogen) atoms. The molecular weight excluding hydrogens is 337 g/mol. The van der Waals surface area contributed by atoms with Gasteiger partial charge >= 0.3 is 6.03 Å². The maximum atomic E-state index is 13.1. The van der Waals surface area contributed by atoms with E-state index in [0.717, 1.165) is 17.4 Å². The predicted molar refractivity (Wildman–Crippen MR) is 93.1 cm³/mol. The van der Waals surface area contributed by atoms with E-state index in [4.69, 9.17) is 0 Å². The number of carbonyl (C=O) groups excluding carboxylic acids is 1. The Hall–Kier alpha value is -3.00. The first-order valence-electron chi connectivity index (χ1n) is 8.28. The van der Waals surface area contributed by atoms with Crippen molar-refractivity contribution < 1.29 is 14.3 Å². The van der Waals surface area contributed by atoms with Gasteiger partial charge in [-0.05, 0) is 30.5 Å². The number of anilines is 1. The van der Waals surface area contributed by atoms with Crippen LogP contribution in [0.15, 0.2) is 36.5 Å². The first-order valence-corrected chi connectivity index (χ1v) is 8.28. The molecule has 2 heterocycles. The number of H-pyrrole nitrogens is 1. The highest BCUT2D eigenvalue weighted by Crippen LogP contribution is 2.45. The van der Waals surface area contributed by atoms with Gasteiger partial charge in [0.25, 0.3) is 0 Å². The maximum Gasteiger partial charge on any atom is 0.320 e. The third-order valence-corrected chi connectivity index (χ3v) is 4.84. The summed E-state index contributed by atoms with van der Waals surface area (Å²) in [5.74, 6) is -0.0739. The van der Waals surface area contributed by atoms with Gasteiger partial charge < -0.3 is 10.4 Å². The van der Waals surface area contributed by atoms with E-state index in [-0.39, 0.29) is 18.3 Å². The lowest BCUT2D eigenvalue weighted by Crippen LogP contribution is -2.54. The van der Waals surface area contributed by atoms with Crippen LogP contribution in [-0.4, -0.2) is 38.5 Å². The summed E-state index contributed by atoms with van der Waals surface area (Å²) >= 11 is 0. The summed E-state index contributed by atoms with van der Waals surface area (Å²) in [7, 11) is 0. The third kappa shape index (κ3) is 3.11. The Balaban J connectivity index is 1.36. The molecule has 0 bridgehead atoms. The number of rotatable bonds is 4. The van der Waals surface area contributed by atoms with Crippen LogP contribution in [0.4, 0.5) is 15.0 Å². The molecule has 133 valence electrons. The van der Waals surface area contributed by atoms with Crippen molar-refractivity contribution in [2.24, 2.45) is 0 Å². The van der Waals surface area contributed by atoms with E-state index in [0.29, 0.717) is 17.8 Å². The fourth-order valence-electron chi connectivity index (χ4n) is 3.25. The number of amides is 2. The van der Waals surface area contributed by atoms with Crippen LogP contribution in [0.1, 0.15) is 24.3 Å². The predicted octanol–water partition coefficient (Wildman–Crippen LogP) is 2.33. The van der Waals surface area contributed by atoms with Gasteiger partial charge in [-0.25, -0.2) is 14.2 Å². The van der Waals surface area contributed by atoms with Crippen LogP contribution in [-0.2, 0) is 0 Å². The summed E-state index contributed by atoms with van der Waals surface area (Å²) in [6.07, 6.45) is 5.65. The highest BCUT2D eigenvalue weighted by atomic mass is 19.1. The van der Waals surface area contributed by atoms with Gasteiger partial charge in [0.15, 0.2) is 0 Å². The number of aliphatic hydroxyl groups is 1. The summed E-state index contributed by atoms with van der Waals surface area (Å²) in [4.78, 5) is 16.2. The van der Waals surface area contributed by atoms with Gasteiger partial charge in [-0.1, -0.05) is 12.1 Å². The quantitative estimate of drug-likeness (QED) is 0.577. The number of fused-ring (bicyclic) bond motifs is 1. The van der Waals surface area contributed by atoms with Gasteiger partial charge in [0.05, 0.1) is 11.1 Å². The molecule has 0 spiro atoms. The number of benzene rings is 1. The van der Waals surface area contributed by atoms with Crippen molar-refractivity contribution in [1.82, 2.24) is 20.5 Å². The Morgan fingerprint density at radius 3 is 2.96 bits per heavy atom. The Morgan fingerprint density at radius 2 is 2.23 bits per heavy atom. The molecular formula is C18H17FN5O2. The summed E-state index contributed by atoms with van der Waals surface area (Å²) in [5.41, 5.74) is 0.541. The molecule has 8 heteroatoms. The highest BCUT2D eigenvalue weighted by Gasteiger charge is 2.46. The molecule has 1 saturated carbocycles. The summed E-state index contributed by atoms with van der Waals surface area (Å²) in [5, 5.41) is 23.3. The van der Waals surface area contributed by atoms with E-state index >= 15 is 0 Å². The highest BCUT2D eigenvalue weighted by molar-refractivity contribution is 5.90. The summed E-state index contributed by atoms with van der Waals surface area (Å²) in [6, 6.07) is 7.29. The minimum absolute atomic E-state index is 0.0982. The van der Waals surface area contributed by atoms with Gasteiger partial charge in [-0.15, -0.1) is 0 Å². The van der Waals surface area contributed by atoms with Crippen molar-refractivity contribution in [3.63, 3.8) is 0 Å². The smallest absolute Gasteiger partial charge is 0.320 e. The van der Waals surface area contributed by atoms with Crippen molar-refractivity contribution in [2.45, 2.75) is 24.4 Å². The molecule has 1 aliphatic carbocycles. The largest absolute Gasteiger partial charge is 0.387 e. The van der Waals surface area contributed by atoms with E-state index in [2.05, 4.69) is 32.0 Å². The van der Waals surface area contributed by atoms with Crippen LogP contribution in [0.3, 0.4) is 0 Å². The topological polar surface area (TPSA) is 103 Å². The zero-order valence-corrected chi connectivity index (χ0v) is 13.8. The van der Waals surface area contributed by atoms with Crippen LogP contribution >= 0.6 is 0 Å². The van der Waals surface area contributed by atoms with Gasteiger partial charge in [0.1, 0.15) is 17.8 Å². The van der Waals surface area contributed by atoms with Crippen molar-refractivity contribution in [1.29, 1.82) is 0 Å². The Kier molecular flexibility index (Phi) is 4.04. The second kappa shape index (κ2) is 6.38. The monoisotopic (exact) mass is 354 g/mol. The van der Waals surface area contributed by atoms with E-state index in [1.54, 1.807) is 24.4 Å². The number of nitrogens with one attached hydrogen (secondary N) is 3. The Bertz CT molecular complexity index is 942. The number of aromatic nitrogens is 3. The van der Waals surface area contributed by atoms with E-state index in [9.17, 15) is 14.3 Å². The molecule has 4 rings (SSSR count). The molecule has 4 N–H and O–H groups in total. The normalized spacial score (nSPS) is 22.0. The molecule has 0 saturated heterocycles. The van der Waals surface area contributed by atoms with Gasteiger partial charge in [0, 0.05) is 30.1 Å². The number of halogens is 1. The van der Waals surface area contributed by atoms with E-state index in [1.807, 2.05) is 0 Å². The fourth-order valence-corrected chi connectivity index (χ4v) is 3.25. The van der Waals surface area contributed by atoms with Gasteiger partial charge in [-0.2, -0.15) is 5.10 Å². The molecule has 1 aliphatic rings. The van der Waals surface area contributed by atoms with Crippen LogP contribution in [0, 0.1) is 12.0 Å². The molecule has 3 aromatic rings. The van der Waals surface area contributed by atoms with Crippen molar-refractivity contribution >= 4 is 22.8 Å². The number of pyridine rings is 1. The Labute approximate surface area is 148 Å². The molecule has 1 radical (unpaired) electrons. The average molecular weight is 354 g/mol. The molecule has 1 unspecified atom stereocenters. The van der Waals surface area contributed by atoms with Crippen LogP contribution in [0.2, 0.25) is 0 Å². The first kappa shape index (κ1) is 16.5.